The fourth-order valence-corrected chi connectivity index (χ4v) is 6.30. The Hall–Kier alpha value is -3.64. The Morgan fingerprint density at radius 3 is 2.25 bits per heavy atom. The standard InChI is InChI=1S/C31H32ClF4N3O4S/c1-44(42,43)39(24-15-16-26(32)25(18-24)31(34,35)36)20-29(40)38(19-22-11-5-8-14-27(22)33)28(17-21-9-3-2-4-10-21)30(41)37-23-12-6-7-13-23/h2-5,8-11,14-16,18,23,28H,6-7,12-13,17,19-20H2,1H3,(H,37,41)/t28-/m0/s1. The van der Waals surface area contributed by atoms with Gasteiger partial charge in [0.25, 0.3) is 0 Å². The Labute approximate surface area is 258 Å². The Morgan fingerprint density at radius 1 is 1.00 bits per heavy atom. The molecule has 7 nitrogen and oxygen atoms in total. The van der Waals surface area contributed by atoms with Crippen LogP contribution in [0.1, 0.15) is 42.4 Å². The maximum absolute atomic E-state index is 14.9. The van der Waals surface area contributed by atoms with Gasteiger partial charge in [-0.1, -0.05) is 73.0 Å². The first-order valence-corrected chi connectivity index (χ1v) is 16.2. The van der Waals surface area contributed by atoms with E-state index in [-0.39, 0.29) is 18.0 Å². The number of rotatable bonds is 11. The number of amides is 2. The molecule has 13 heteroatoms. The molecule has 1 atom stereocenters. The van der Waals surface area contributed by atoms with Crippen molar-refractivity contribution < 1.29 is 35.6 Å². The van der Waals surface area contributed by atoms with Gasteiger partial charge in [0.2, 0.25) is 21.8 Å². The molecule has 0 heterocycles. The highest BCUT2D eigenvalue weighted by Gasteiger charge is 2.37. The first-order chi connectivity index (χ1) is 20.7. The molecule has 2 amide bonds. The smallest absolute Gasteiger partial charge is 0.352 e. The van der Waals surface area contributed by atoms with Gasteiger partial charge in [0, 0.05) is 24.6 Å². The second kappa shape index (κ2) is 14.0. The number of alkyl halides is 3. The zero-order valence-corrected chi connectivity index (χ0v) is 25.4. The molecular formula is C31H32ClF4N3O4S. The summed E-state index contributed by atoms with van der Waals surface area (Å²) in [6, 6.07) is 15.7. The highest BCUT2D eigenvalue weighted by atomic mass is 35.5. The molecule has 1 aliphatic rings. The number of hydrogen-bond donors (Lipinski definition) is 1. The zero-order chi connectivity index (χ0) is 32.1. The van der Waals surface area contributed by atoms with E-state index in [4.69, 9.17) is 11.6 Å². The Balaban J connectivity index is 1.76. The molecule has 3 aromatic rings. The molecule has 0 aromatic heterocycles. The monoisotopic (exact) mass is 653 g/mol. The summed E-state index contributed by atoms with van der Waals surface area (Å²) in [5, 5.41) is 2.34. The van der Waals surface area contributed by atoms with E-state index in [9.17, 15) is 35.6 Å². The van der Waals surface area contributed by atoms with Crippen LogP contribution >= 0.6 is 11.6 Å². The third-order valence-corrected chi connectivity index (χ3v) is 8.96. The van der Waals surface area contributed by atoms with Gasteiger partial charge in [-0.25, -0.2) is 12.8 Å². The average Bonchev–Trinajstić information content (AvgIpc) is 3.47. The molecule has 0 aliphatic heterocycles. The minimum absolute atomic E-state index is 0.0254. The molecule has 3 aromatic carbocycles. The summed E-state index contributed by atoms with van der Waals surface area (Å²) in [6.07, 6.45) is -0.755. The van der Waals surface area contributed by atoms with E-state index in [0.29, 0.717) is 15.9 Å². The van der Waals surface area contributed by atoms with Crippen molar-refractivity contribution in [2.45, 2.75) is 56.9 Å². The zero-order valence-electron chi connectivity index (χ0n) is 23.9. The summed E-state index contributed by atoms with van der Waals surface area (Å²) in [5.41, 5.74) is -0.959. The minimum Gasteiger partial charge on any atom is -0.352 e. The number of benzene rings is 3. The molecule has 0 unspecified atom stereocenters. The number of nitrogens with one attached hydrogen (secondary N) is 1. The molecule has 0 saturated heterocycles. The maximum atomic E-state index is 14.9. The van der Waals surface area contributed by atoms with Crippen LogP contribution in [0.3, 0.4) is 0 Å². The second-order valence-electron chi connectivity index (χ2n) is 10.7. The van der Waals surface area contributed by atoms with Gasteiger partial charge in [-0.2, -0.15) is 13.2 Å². The van der Waals surface area contributed by atoms with Gasteiger partial charge < -0.3 is 10.2 Å². The number of anilines is 1. The van der Waals surface area contributed by atoms with Gasteiger partial charge in [-0.15, -0.1) is 0 Å². The lowest BCUT2D eigenvalue weighted by molar-refractivity contribution is -0.140. The molecule has 1 fully saturated rings. The van der Waals surface area contributed by atoms with E-state index in [2.05, 4.69) is 5.32 Å². The summed E-state index contributed by atoms with van der Waals surface area (Å²) >= 11 is 5.74. The molecule has 1 N–H and O–H groups in total. The lowest BCUT2D eigenvalue weighted by Crippen LogP contribution is -2.54. The minimum atomic E-state index is -4.89. The van der Waals surface area contributed by atoms with E-state index < -0.39 is 69.2 Å². The van der Waals surface area contributed by atoms with Crippen molar-refractivity contribution in [1.29, 1.82) is 0 Å². The van der Waals surface area contributed by atoms with Crippen molar-refractivity contribution in [2.24, 2.45) is 0 Å². The molecular weight excluding hydrogens is 622 g/mol. The number of nitrogens with zero attached hydrogens (tertiary/aromatic N) is 2. The molecule has 1 saturated carbocycles. The molecule has 236 valence electrons. The highest BCUT2D eigenvalue weighted by Crippen LogP contribution is 2.37. The molecule has 0 bridgehead atoms. The fraction of sp³-hybridized carbons (Fsp3) is 0.355. The number of sulfonamides is 1. The van der Waals surface area contributed by atoms with E-state index in [0.717, 1.165) is 49.0 Å². The van der Waals surface area contributed by atoms with Crippen LogP contribution < -0.4 is 9.62 Å². The number of halogens is 5. The van der Waals surface area contributed by atoms with Crippen LogP contribution in [-0.2, 0) is 38.8 Å². The predicted octanol–water partition coefficient (Wildman–Crippen LogP) is 5.96. The Bertz CT molecular complexity index is 1580. The molecule has 0 radical (unpaired) electrons. The second-order valence-corrected chi connectivity index (χ2v) is 13.1. The van der Waals surface area contributed by atoms with Crippen molar-refractivity contribution in [2.75, 3.05) is 17.1 Å². The van der Waals surface area contributed by atoms with Crippen LogP contribution in [-0.4, -0.2) is 50.0 Å². The average molecular weight is 654 g/mol. The van der Waals surface area contributed by atoms with Crippen LogP contribution in [0.4, 0.5) is 23.2 Å². The SMILES string of the molecule is CS(=O)(=O)N(CC(=O)N(Cc1ccccc1F)[C@@H](Cc1ccccc1)C(=O)NC1CCCC1)c1ccc(Cl)c(C(F)(F)F)c1. The number of carbonyl (C=O) groups excluding carboxylic acids is 2. The van der Waals surface area contributed by atoms with E-state index >= 15 is 0 Å². The number of carbonyl (C=O) groups is 2. The highest BCUT2D eigenvalue weighted by molar-refractivity contribution is 7.92. The lowest BCUT2D eigenvalue weighted by Gasteiger charge is -2.34. The maximum Gasteiger partial charge on any atom is 0.417 e. The van der Waals surface area contributed by atoms with Crippen LogP contribution in [0, 0.1) is 5.82 Å². The molecule has 44 heavy (non-hydrogen) atoms. The van der Waals surface area contributed by atoms with Crippen LogP contribution in [0.25, 0.3) is 0 Å². The summed E-state index contributed by atoms with van der Waals surface area (Å²) in [5.74, 6) is -2.06. The van der Waals surface area contributed by atoms with Crippen LogP contribution in [0.2, 0.25) is 5.02 Å². The van der Waals surface area contributed by atoms with Crippen molar-refractivity contribution in [3.8, 4) is 0 Å². The normalized spacial score (nSPS) is 14.7. The lowest BCUT2D eigenvalue weighted by atomic mass is 10.0. The van der Waals surface area contributed by atoms with Gasteiger partial charge in [0.05, 0.1) is 22.5 Å². The van der Waals surface area contributed by atoms with Gasteiger partial charge in [-0.05, 0) is 42.7 Å². The number of hydrogen-bond acceptors (Lipinski definition) is 4. The van der Waals surface area contributed by atoms with Gasteiger partial charge in [0.1, 0.15) is 18.4 Å². The van der Waals surface area contributed by atoms with E-state index in [1.54, 1.807) is 36.4 Å². The van der Waals surface area contributed by atoms with Crippen molar-refractivity contribution in [3.63, 3.8) is 0 Å². The Kier molecular flexibility index (Phi) is 10.6. The molecule has 1 aliphatic carbocycles. The first-order valence-electron chi connectivity index (χ1n) is 14.0. The summed E-state index contributed by atoms with van der Waals surface area (Å²) in [4.78, 5) is 29.0. The summed E-state index contributed by atoms with van der Waals surface area (Å²) in [7, 11) is -4.33. The Morgan fingerprint density at radius 2 is 1.64 bits per heavy atom. The third-order valence-electron chi connectivity index (χ3n) is 7.49. The van der Waals surface area contributed by atoms with Gasteiger partial charge in [-0.3, -0.25) is 13.9 Å². The summed E-state index contributed by atoms with van der Waals surface area (Å²) < 4.78 is 82.0. The predicted molar refractivity (Wildman–Crippen MR) is 160 cm³/mol. The molecule has 0 spiro atoms. The largest absolute Gasteiger partial charge is 0.417 e. The van der Waals surface area contributed by atoms with Crippen molar-refractivity contribution >= 4 is 39.1 Å². The van der Waals surface area contributed by atoms with E-state index in [1.807, 2.05) is 0 Å². The molecule has 4 rings (SSSR count). The summed E-state index contributed by atoms with van der Waals surface area (Å²) in [6.45, 7) is -1.35. The van der Waals surface area contributed by atoms with Crippen LogP contribution in [0.5, 0.6) is 0 Å². The van der Waals surface area contributed by atoms with Gasteiger partial charge >= 0.3 is 6.18 Å². The first kappa shape index (κ1) is 33.3. The topological polar surface area (TPSA) is 86.8 Å². The van der Waals surface area contributed by atoms with Crippen LogP contribution in [0.15, 0.2) is 72.8 Å². The van der Waals surface area contributed by atoms with Crippen molar-refractivity contribution in [1.82, 2.24) is 10.2 Å². The quantitative estimate of drug-likeness (QED) is 0.259. The van der Waals surface area contributed by atoms with E-state index in [1.165, 1.54) is 18.2 Å². The van der Waals surface area contributed by atoms with Gasteiger partial charge in [0.15, 0.2) is 0 Å². The third kappa shape index (κ3) is 8.50. The fourth-order valence-electron chi connectivity index (χ4n) is 5.23. The van der Waals surface area contributed by atoms with Crippen molar-refractivity contribution in [3.05, 3.63) is 100 Å².